The van der Waals surface area contributed by atoms with E-state index in [1.807, 2.05) is 62.5 Å². The average molecular weight is 271 g/mol. The molecule has 2 aromatic carbocycles. The van der Waals surface area contributed by atoms with E-state index < -0.39 is 0 Å². The average Bonchev–Trinajstić information content (AvgIpc) is 2.40. The summed E-state index contributed by atoms with van der Waals surface area (Å²) < 4.78 is 0. The van der Waals surface area contributed by atoms with Gasteiger partial charge in [0.25, 0.3) is 0 Å². The van der Waals surface area contributed by atoms with Crippen LogP contribution in [0.3, 0.4) is 0 Å². The topological polar surface area (TPSA) is 20.3 Å². The second-order valence-corrected chi connectivity index (χ2v) is 5.15. The van der Waals surface area contributed by atoms with E-state index >= 15 is 0 Å². The van der Waals surface area contributed by atoms with Gasteiger partial charge in [-0.1, -0.05) is 24.3 Å². The number of nitrogens with zero attached hydrogens (tertiary/aromatic N) is 1. The normalized spacial score (nSPS) is 10.3. The number of hydrogen-bond acceptors (Lipinski definition) is 2. The van der Waals surface area contributed by atoms with Crippen LogP contribution in [0.1, 0.15) is 11.1 Å². The van der Waals surface area contributed by atoms with Crippen molar-refractivity contribution in [3.8, 4) is 0 Å². The summed E-state index contributed by atoms with van der Waals surface area (Å²) in [7, 11) is 1.81. The zero-order valence-corrected chi connectivity index (χ0v) is 12.0. The van der Waals surface area contributed by atoms with E-state index in [9.17, 15) is 4.79 Å². The van der Waals surface area contributed by atoms with E-state index in [1.54, 1.807) is 4.90 Å². The first kappa shape index (κ1) is 13.7. The first-order valence-corrected chi connectivity index (χ1v) is 6.62. The van der Waals surface area contributed by atoms with Crippen LogP contribution in [0, 0.1) is 6.92 Å². The molecule has 0 saturated carbocycles. The third kappa shape index (κ3) is 3.61. The van der Waals surface area contributed by atoms with Gasteiger partial charge in [0.15, 0.2) is 0 Å². The molecule has 0 radical (unpaired) electrons. The van der Waals surface area contributed by atoms with Crippen molar-refractivity contribution in [2.75, 3.05) is 11.9 Å². The minimum Gasteiger partial charge on any atom is -0.315 e. The number of amides is 1. The van der Waals surface area contributed by atoms with Gasteiger partial charge in [-0.3, -0.25) is 4.79 Å². The van der Waals surface area contributed by atoms with Crippen LogP contribution in [-0.2, 0) is 11.2 Å². The highest BCUT2D eigenvalue weighted by Gasteiger charge is 2.11. The lowest BCUT2D eigenvalue weighted by Gasteiger charge is -2.18. The number of carbonyl (C=O) groups excluding carboxylic acids is 1. The molecule has 0 spiro atoms. The van der Waals surface area contributed by atoms with Gasteiger partial charge in [-0.25, -0.2) is 0 Å². The van der Waals surface area contributed by atoms with E-state index in [2.05, 4.69) is 12.6 Å². The number of hydrogen-bond donors (Lipinski definition) is 1. The molecule has 0 bridgehead atoms. The van der Waals surface area contributed by atoms with Crippen molar-refractivity contribution < 1.29 is 4.79 Å². The molecule has 0 saturated heterocycles. The molecule has 0 aliphatic carbocycles. The Labute approximate surface area is 119 Å². The van der Waals surface area contributed by atoms with E-state index in [0.717, 1.165) is 21.7 Å². The minimum atomic E-state index is 0.0810. The van der Waals surface area contributed by atoms with Crippen molar-refractivity contribution >= 4 is 24.2 Å². The minimum absolute atomic E-state index is 0.0810. The third-order valence-electron chi connectivity index (χ3n) is 3.05. The maximum Gasteiger partial charge on any atom is 0.231 e. The van der Waals surface area contributed by atoms with Crippen molar-refractivity contribution in [2.45, 2.75) is 18.2 Å². The molecule has 0 unspecified atom stereocenters. The molecule has 1 amide bonds. The summed E-state index contributed by atoms with van der Waals surface area (Å²) in [5, 5.41) is 0. The molecule has 0 aliphatic heterocycles. The Balaban J connectivity index is 2.09. The molecule has 19 heavy (non-hydrogen) atoms. The molecule has 2 rings (SSSR count). The summed E-state index contributed by atoms with van der Waals surface area (Å²) in [5.41, 5.74) is 3.08. The Kier molecular flexibility index (Phi) is 4.27. The summed E-state index contributed by atoms with van der Waals surface area (Å²) in [6.07, 6.45) is 0.401. The maximum atomic E-state index is 12.2. The Morgan fingerprint density at radius 1 is 1.16 bits per heavy atom. The monoisotopic (exact) mass is 271 g/mol. The Morgan fingerprint density at radius 3 is 2.47 bits per heavy atom. The standard InChI is InChI=1S/C16H17NOS/c1-12-4-3-5-14(10-12)17(2)16(18)11-13-6-8-15(19)9-7-13/h3-10,19H,11H2,1-2H3. The highest BCUT2D eigenvalue weighted by atomic mass is 32.1. The van der Waals surface area contributed by atoms with Crippen molar-refractivity contribution in [3.05, 3.63) is 59.7 Å². The lowest BCUT2D eigenvalue weighted by Crippen LogP contribution is -2.27. The molecule has 0 heterocycles. The van der Waals surface area contributed by atoms with Gasteiger partial charge < -0.3 is 4.90 Å². The fourth-order valence-corrected chi connectivity index (χ4v) is 2.04. The fraction of sp³-hybridized carbons (Fsp3) is 0.188. The summed E-state index contributed by atoms with van der Waals surface area (Å²) >= 11 is 4.24. The number of likely N-dealkylation sites (N-methyl/N-ethyl adjacent to an activating group) is 1. The number of aryl methyl sites for hydroxylation is 1. The van der Waals surface area contributed by atoms with Gasteiger partial charge in [0.1, 0.15) is 0 Å². The first-order valence-electron chi connectivity index (χ1n) is 6.17. The van der Waals surface area contributed by atoms with Crippen molar-refractivity contribution in [2.24, 2.45) is 0 Å². The Morgan fingerprint density at radius 2 is 1.84 bits per heavy atom. The van der Waals surface area contributed by atoms with Gasteiger partial charge in [-0.15, -0.1) is 12.6 Å². The number of benzene rings is 2. The summed E-state index contributed by atoms with van der Waals surface area (Å²) in [5.74, 6) is 0.0810. The predicted octanol–water partition coefficient (Wildman–Crippen LogP) is 3.49. The molecule has 3 heteroatoms. The molecule has 0 aromatic heterocycles. The fourth-order valence-electron chi connectivity index (χ4n) is 1.89. The van der Waals surface area contributed by atoms with Crippen LogP contribution in [0.4, 0.5) is 5.69 Å². The second kappa shape index (κ2) is 5.93. The van der Waals surface area contributed by atoms with Crippen molar-refractivity contribution in [3.63, 3.8) is 0 Å². The smallest absolute Gasteiger partial charge is 0.231 e. The maximum absolute atomic E-state index is 12.2. The SMILES string of the molecule is Cc1cccc(N(C)C(=O)Cc2ccc(S)cc2)c1. The number of rotatable bonds is 3. The first-order chi connectivity index (χ1) is 9.06. The number of thiol groups is 1. The van der Waals surface area contributed by atoms with Gasteiger partial charge in [-0.05, 0) is 42.3 Å². The zero-order chi connectivity index (χ0) is 13.8. The molecule has 0 aliphatic rings. The van der Waals surface area contributed by atoms with Gasteiger partial charge in [0, 0.05) is 17.6 Å². The van der Waals surface area contributed by atoms with Gasteiger partial charge in [-0.2, -0.15) is 0 Å². The largest absolute Gasteiger partial charge is 0.315 e. The molecular weight excluding hydrogens is 254 g/mol. The molecule has 2 aromatic rings. The van der Waals surface area contributed by atoms with Crippen LogP contribution in [0.15, 0.2) is 53.4 Å². The highest BCUT2D eigenvalue weighted by Crippen LogP contribution is 2.16. The van der Waals surface area contributed by atoms with E-state index in [1.165, 1.54) is 0 Å². The van der Waals surface area contributed by atoms with Crippen LogP contribution in [0.2, 0.25) is 0 Å². The van der Waals surface area contributed by atoms with E-state index in [0.29, 0.717) is 6.42 Å². The van der Waals surface area contributed by atoms with E-state index in [-0.39, 0.29) is 5.91 Å². The number of anilines is 1. The molecule has 98 valence electrons. The van der Waals surface area contributed by atoms with Gasteiger partial charge in [0.05, 0.1) is 6.42 Å². The van der Waals surface area contributed by atoms with Crippen LogP contribution in [0.25, 0.3) is 0 Å². The van der Waals surface area contributed by atoms with Crippen LogP contribution in [-0.4, -0.2) is 13.0 Å². The Bertz CT molecular complexity index is 578. The summed E-state index contributed by atoms with van der Waals surface area (Å²) in [4.78, 5) is 14.8. The van der Waals surface area contributed by atoms with Gasteiger partial charge in [0.2, 0.25) is 5.91 Å². The molecule has 2 nitrogen and oxygen atoms in total. The quantitative estimate of drug-likeness (QED) is 0.847. The van der Waals surface area contributed by atoms with Crippen LogP contribution >= 0.6 is 12.6 Å². The number of carbonyl (C=O) groups is 1. The summed E-state index contributed by atoms with van der Waals surface area (Å²) in [6.45, 7) is 2.02. The molecule has 0 atom stereocenters. The zero-order valence-electron chi connectivity index (χ0n) is 11.1. The summed E-state index contributed by atoms with van der Waals surface area (Å²) in [6, 6.07) is 15.6. The molecule has 0 N–H and O–H groups in total. The predicted molar refractivity (Wildman–Crippen MR) is 82.0 cm³/mol. The molecule has 0 fully saturated rings. The third-order valence-corrected chi connectivity index (χ3v) is 3.35. The van der Waals surface area contributed by atoms with Crippen LogP contribution < -0.4 is 4.90 Å². The molecular formula is C16H17NOS. The van der Waals surface area contributed by atoms with Crippen molar-refractivity contribution in [1.29, 1.82) is 0 Å². The Hall–Kier alpha value is -1.74. The van der Waals surface area contributed by atoms with Gasteiger partial charge >= 0.3 is 0 Å². The lowest BCUT2D eigenvalue weighted by molar-refractivity contribution is -0.117. The second-order valence-electron chi connectivity index (χ2n) is 4.63. The lowest BCUT2D eigenvalue weighted by atomic mass is 10.1. The van der Waals surface area contributed by atoms with E-state index in [4.69, 9.17) is 0 Å². The van der Waals surface area contributed by atoms with Crippen LogP contribution in [0.5, 0.6) is 0 Å². The highest BCUT2D eigenvalue weighted by molar-refractivity contribution is 7.80. The van der Waals surface area contributed by atoms with Crippen molar-refractivity contribution in [1.82, 2.24) is 0 Å².